The Hall–Kier alpha value is -1.35. The second-order valence-corrected chi connectivity index (χ2v) is 5.82. The fraction of sp³-hybridized carbons (Fsp3) is 0.588. The average molecular weight is 275 g/mol. The van der Waals surface area contributed by atoms with E-state index in [4.69, 9.17) is 4.74 Å². The predicted octanol–water partition coefficient (Wildman–Crippen LogP) is 3.17. The van der Waals surface area contributed by atoms with E-state index in [9.17, 15) is 4.79 Å². The highest BCUT2D eigenvalue weighted by molar-refractivity contribution is 5.72. The summed E-state index contributed by atoms with van der Waals surface area (Å²) < 4.78 is 4.79. The third-order valence-corrected chi connectivity index (χ3v) is 4.41. The maximum atomic E-state index is 11.5. The molecule has 0 saturated carbocycles. The summed E-state index contributed by atoms with van der Waals surface area (Å²) in [6.07, 6.45) is 4.22. The van der Waals surface area contributed by atoms with E-state index in [1.54, 1.807) is 0 Å². The number of ether oxygens (including phenoxy) is 1. The van der Waals surface area contributed by atoms with Gasteiger partial charge in [0.15, 0.2) is 0 Å². The van der Waals surface area contributed by atoms with E-state index in [2.05, 4.69) is 30.9 Å². The first-order valence-electron chi connectivity index (χ1n) is 7.51. The zero-order chi connectivity index (χ0) is 14.5. The molecule has 20 heavy (non-hydrogen) atoms. The molecule has 0 aliphatic carbocycles. The summed E-state index contributed by atoms with van der Waals surface area (Å²) in [4.78, 5) is 14.1. The van der Waals surface area contributed by atoms with Gasteiger partial charge in [-0.15, -0.1) is 0 Å². The minimum atomic E-state index is -0.169. The molecule has 3 heteroatoms. The summed E-state index contributed by atoms with van der Waals surface area (Å²) in [5, 5.41) is 0. The number of hydrogen-bond donors (Lipinski definition) is 0. The first kappa shape index (κ1) is 15.0. The fourth-order valence-corrected chi connectivity index (χ4v) is 3.09. The van der Waals surface area contributed by atoms with Crippen molar-refractivity contribution in [1.82, 2.24) is 4.90 Å². The SMILES string of the molecule is COC(=O)Cc1ccccc1CN1[C@H](C)CCC[C@@H]1C. The van der Waals surface area contributed by atoms with Crippen LogP contribution in [0.15, 0.2) is 24.3 Å². The number of piperidine rings is 1. The van der Waals surface area contributed by atoms with Gasteiger partial charge in [0.25, 0.3) is 0 Å². The van der Waals surface area contributed by atoms with Gasteiger partial charge in [0, 0.05) is 18.6 Å². The van der Waals surface area contributed by atoms with E-state index in [0.717, 1.165) is 12.1 Å². The Labute approximate surface area is 121 Å². The summed E-state index contributed by atoms with van der Waals surface area (Å²) >= 11 is 0. The van der Waals surface area contributed by atoms with Crippen LogP contribution in [0.1, 0.15) is 44.2 Å². The highest BCUT2D eigenvalue weighted by atomic mass is 16.5. The fourth-order valence-electron chi connectivity index (χ4n) is 3.09. The van der Waals surface area contributed by atoms with Gasteiger partial charge in [0.2, 0.25) is 0 Å². The van der Waals surface area contributed by atoms with Crippen LogP contribution in [-0.4, -0.2) is 30.1 Å². The van der Waals surface area contributed by atoms with Gasteiger partial charge in [-0.3, -0.25) is 9.69 Å². The van der Waals surface area contributed by atoms with Crippen LogP contribution >= 0.6 is 0 Å². The van der Waals surface area contributed by atoms with Gasteiger partial charge in [-0.2, -0.15) is 0 Å². The van der Waals surface area contributed by atoms with Gasteiger partial charge >= 0.3 is 5.97 Å². The molecule has 0 aromatic heterocycles. The van der Waals surface area contributed by atoms with Crippen molar-refractivity contribution in [3.63, 3.8) is 0 Å². The first-order valence-corrected chi connectivity index (χ1v) is 7.51. The van der Waals surface area contributed by atoms with E-state index >= 15 is 0 Å². The standard InChI is InChI=1S/C17H25NO2/c1-13-7-6-8-14(2)18(13)12-16-10-5-4-9-15(16)11-17(19)20-3/h4-5,9-10,13-14H,6-8,11-12H2,1-3H3/t13-,14+. The van der Waals surface area contributed by atoms with Gasteiger partial charge in [-0.05, 0) is 37.8 Å². The molecule has 1 fully saturated rings. The van der Waals surface area contributed by atoms with Crippen LogP contribution in [0.3, 0.4) is 0 Å². The van der Waals surface area contributed by atoms with Gasteiger partial charge < -0.3 is 4.74 Å². The lowest BCUT2D eigenvalue weighted by Crippen LogP contribution is -2.43. The molecule has 1 aliphatic heterocycles. The van der Waals surface area contributed by atoms with Gasteiger partial charge in [0.1, 0.15) is 0 Å². The van der Waals surface area contributed by atoms with Crippen LogP contribution in [0.2, 0.25) is 0 Å². The van der Waals surface area contributed by atoms with Crippen LogP contribution in [0.4, 0.5) is 0 Å². The number of methoxy groups -OCH3 is 1. The van der Waals surface area contributed by atoms with Crippen LogP contribution in [0, 0.1) is 0 Å². The Bertz CT molecular complexity index is 448. The molecule has 2 atom stereocenters. The largest absolute Gasteiger partial charge is 0.469 e. The molecule has 0 spiro atoms. The van der Waals surface area contributed by atoms with Crippen molar-refractivity contribution >= 4 is 5.97 Å². The maximum absolute atomic E-state index is 11.5. The molecule has 110 valence electrons. The van der Waals surface area contributed by atoms with Gasteiger partial charge in [0.05, 0.1) is 13.5 Å². The number of carbonyl (C=O) groups excluding carboxylic acids is 1. The van der Waals surface area contributed by atoms with Crippen LogP contribution in [0.25, 0.3) is 0 Å². The molecular weight excluding hydrogens is 250 g/mol. The molecular formula is C17H25NO2. The zero-order valence-corrected chi connectivity index (χ0v) is 12.8. The summed E-state index contributed by atoms with van der Waals surface area (Å²) in [5.74, 6) is -0.169. The average Bonchev–Trinajstić information content (AvgIpc) is 2.44. The van der Waals surface area contributed by atoms with Crippen molar-refractivity contribution in [3.8, 4) is 0 Å². The lowest BCUT2D eigenvalue weighted by molar-refractivity contribution is -0.139. The summed E-state index contributed by atoms with van der Waals surface area (Å²) in [6, 6.07) is 9.44. The molecule has 1 heterocycles. The highest BCUT2D eigenvalue weighted by Crippen LogP contribution is 2.25. The van der Waals surface area contributed by atoms with E-state index in [0.29, 0.717) is 18.5 Å². The molecule has 0 bridgehead atoms. The quantitative estimate of drug-likeness (QED) is 0.791. The van der Waals surface area contributed by atoms with Crippen molar-refractivity contribution in [2.24, 2.45) is 0 Å². The maximum Gasteiger partial charge on any atom is 0.309 e. The topological polar surface area (TPSA) is 29.5 Å². The molecule has 0 N–H and O–H groups in total. The lowest BCUT2D eigenvalue weighted by Gasteiger charge is -2.39. The smallest absolute Gasteiger partial charge is 0.309 e. The highest BCUT2D eigenvalue weighted by Gasteiger charge is 2.25. The molecule has 0 radical (unpaired) electrons. The molecule has 1 aromatic carbocycles. The number of esters is 1. The van der Waals surface area contributed by atoms with Gasteiger partial charge in [-0.1, -0.05) is 30.7 Å². The molecule has 1 saturated heterocycles. The molecule has 3 nitrogen and oxygen atoms in total. The third-order valence-electron chi connectivity index (χ3n) is 4.41. The molecule has 1 aliphatic rings. The van der Waals surface area contributed by atoms with Crippen molar-refractivity contribution in [2.45, 2.75) is 58.2 Å². The minimum absolute atomic E-state index is 0.169. The minimum Gasteiger partial charge on any atom is -0.469 e. The summed E-state index contributed by atoms with van der Waals surface area (Å²) in [6.45, 7) is 5.53. The first-order chi connectivity index (χ1) is 9.61. The zero-order valence-electron chi connectivity index (χ0n) is 12.8. The molecule has 1 aromatic rings. The number of likely N-dealkylation sites (tertiary alicyclic amines) is 1. The predicted molar refractivity (Wildman–Crippen MR) is 80.5 cm³/mol. The summed E-state index contributed by atoms with van der Waals surface area (Å²) in [7, 11) is 1.44. The molecule has 0 amide bonds. The van der Waals surface area contributed by atoms with Crippen molar-refractivity contribution in [3.05, 3.63) is 35.4 Å². The second-order valence-electron chi connectivity index (χ2n) is 5.82. The Morgan fingerprint density at radius 2 is 1.80 bits per heavy atom. The third kappa shape index (κ3) is 3.60. The Morgan fingerprint density at radius 1 is 1.20 bits per heavy atom. The lowest BCUT2D eigenvalue weighted by atomic mass is 9.95. The van der Waals surface area contributed by atoms with E-state index in [1.807, 2.05) is 12.1 Å². The van der Waals surface area contributed by atoms with Crippen LogP contribution in [-0.2, 0) is 22.5 Å². The monoisotopic (exact) mass is 275 g/mol. The Balaban J connectivity index is 2.13. The van der Waals surface area contributed by atoms with E-state index in [1.165, 1.54) is 31.9 Å². The molecule has 2 rings (SSSR count). The second kappa shape index (κ2) is 6.89. The normalized spacial score (nSPS) is 23.6. The van der Waals surface area contributed by atoms with Crippen LogP contribution in [0.5, 0.6) is 0 Å². The Morgan fingerprint density at radius 3 is 2.40 bits per heavy atom. The van der Waals surface area contributed by atoms with Crippen LogP contribution < -0.4 is 0 Å². The van der Waals surface area contributed by atoms with E-state index in [-0.39, 0.29) is 5.97 Å². The number of nitrogens with zero attached hydrogens (tertiary/aromatic N) is 1. The summed E-state index contributed by atoms with van der Waals surface area (Å²) in [5.41, 5.74) is 2.34. The van der Waals surface area contributed by atoms with Crippen molar-refractivity contribution < 1.29 is 9.53 Å². The van der Waals surface area contributed by atoms with E-state index < -0.39 is 0 Å². The van der Waals surface area contributed by atoms with Crippen molar-refractivity contribution in [2.75, 3.05) is 7.11 Å². The van der Waals surface area contributed by atoms with Gasteiger partial charge in [-0.25, -0.2) is 0 Å². The molecule has 0 unspecified atom stereocenters. The van der Waals surface area contributed by atoms with Crippen molar-refractivity contribution in [1.29, 1.82) is 0 Å². The number of benzene rings is 1. The Kier molecular flexibility index (Phi) is 5.18. The number of rotatable bonds is 4. The number of hydrogen-bond acceptors (Lipinski definition) is 3. The number of carbonyl (C=O) groups is 1.